The number of nitrogens with zero attached hydrogens (tertiary/aromatic N) is 1. The summed E-state index contributed by atoms with van der Waals surface area (Å²) in [5.41, 5.74) is 5.45. The van der Waals surface area contributed by atoms with Crippen LogP contribution in [0.2, 0.25) is 0 Å². The lowest BCUT2D eigenvalue weighted by molar-refractivity contribution is -0.119. The second-order valence-corrected chi connectivity index (χ2v) is 9.11. The normalized spacial score (nSPS) is 11.4. The van der Waals surface area contributed by atoms with Crippen molar-refractivity contribution in [2.75, 3.05) is 19.6 Å². The Hall–Kier alpha value is -0.570. The Morgan fingerprint density at radius 3 is 1.07 bits per heavy atom. The minimum atomic E-state index is -0.177. The fourth-order valence-corrected chi connectivity index (χ4v) is 4.14. The molecule has 0 saturated carbocycles. The first kappa shape index (κ1) is 28.4. The summed E-state index contributed by atoms with van der Waals surface area (Å²) in [7, 11) is 0. The van der Waals surface area contributed by atoms with E-state index in [4.69, 9.17) is 5.73 Å². The average Bonchev–Trinajstić information content (AvgIpc) is 2.70. The van der Waals surface area contributed by atoms with E-state index in [1.165, 1.54) is 128 Å². The maximum absolute atomic E-state index is 11.4. The van der Waals surface area contributed by atoms with Gasteiger partial charge in [-0.1, -0.05) is 129 Å². The third kappa shape index (κ3) is 23.6. The summed E-state index contributed by atoms with van der Waals surface area (Å²) in [4.78, 5) is 13.6. The summed E-state index contributed by atoms with van der Waals surface area (Å²) in [6.07, 6.45) is 27.2. The van der Waals surface area contributed by atoms with Crippen LogP contribution in [0.1, 0.15) is 142 Å². The molecule has 3 heteroatoms. The maximum Gasteiger partial charge on any atom is 0.231 e. The zero-order chi connectivity index (χ0) is 21.4. The molecule has 0 radical (unpaired) electrons. The van der Waals surface area contributed by atoms with E-state index in [9.17, 15) is 4.79 Å². The van der Waals surface area contributed by atoms with E-state index in [0.29, 0.717) is 6.54 Å². The highest BCUT2D eigenvalue weighted by atomic mass is 16.1. The van der Waals surface area contributed by atoms with Gasteiger partial charge in [0.1, 0.15) is 0 Å². The van der Waals surface area contributed by atoms with Gasteiger partial charge in [0.2, 0.25) is 5.91 Å². The van der Waals surface area contributed by atoms with E-state index >= 15 is 0 Å². The number of carbonyl (C=O) groups is 1. The van der Waals surface area contributed by atoms with Crippen molar-refractivity contribution in [1.29, 1.82) is 0 Å². The molecule has 29 heavy (non-hydrogen) atoms. The first-order chi connectivity index (χ1) is 14.2. The molecule has 0 aromatic carbocycles. The minimum absolute atomic E-state index is 0.177. The molecule has 0 heterocycles. The van der Waals surface area contributed by atoms with Crippen LogP contribution < -0.4 is 5.73 Å². The minimum Gasteiger partial charge on any atom is -0.369 e. The van der Waals surface area contributed by atoms with Gasteiger partial charge in [-0.2, -0.15) is 0 Å². The van der Waals surface area contributed by atoms with E-state index in [2.05, 4.69) is 18.7 Å². The SMILES string of the molecule is CCCCCCCCCCCCN(CCCCCCCCCCCC)CC(N)=O. The topological polar surface area (TPSA) is 46.3 Å². The number of hydrogen-bond acceptors (Lipinski definition) is 2. The van der Waals surface area contributed by atoms with Crippen LogP contribution in [0, 0.1) is 0 Å². The van der Waals surface area contributed by atoms with Gasteiger partial charge in [0, 0.05) is 0 Å². The van der Waals surface area contributed by atoms with Crippen molar-refractivity contribution in [2.45, 2.75) is 142 Å². The van der Waals surface area contributed by atoms with Crippen molar-refractivity contribution in [3.05, 3.63) is 0 Å². The molecule has 0 aromatic heterocycles. The Morgan fingerprint density at radius 1 is 0.517 bits per heavy atom. The van der Waals surface area contributed by atoms with Gasteiger partial charge in [0.15, 0.2) is 0 Å². The fraction of sp³-hybridized carbons (Fsp3) is 0.962. The van der Waals surface area contributed by atoms with Gasteiger partial charge >= 0.3 is 0 Å². The molecule has 0 rings (SSSR count). The monoisotopic (exact) mass is 410 g/mol. The Kier molecular flexibility index (Phi) is 23.2. The highest BCUT2D eigenvalue weighted by molar-refractivity contribution is 5.75. The molecule has 0 bridgehead atoms. The summed E-state index contributed by atoms with van der Waals surface area (Å²) >= 11 is 0. The number of amides is 1. The molecular formula is C26H54N2O. The van der Waals surface area contributed by atoms with Crippen LogP contribution in [-0.2, 0) is 4.79 Å². The Bertz CT molecular complexity index is 309. The summed E-state index contributed by atoms with van der Waals surface area (Å²) in [5.74, 6) is -0.177. The van der Waals surface area contributed by atoms with Crippen molar-refractivity contribution in [1.82, 2.24) is 4.90 Å². The van der Waals surface area contributed by atoms with Crippen LogP contribution in [-0.4, -0.2) is 30.4 Å². The predicted molar refractivity (Wildman–Crippen MR) is 129 cm³/mol. The molecule has 0 aliphatic rings. The number of primary amides is 1. The molecule has 0 fully saturated rings. The van der Waals surface area contributed by atoms with Crippen LogP contribution in [0.5, 0.6) is 0 Å². The lowest BCUT2D eigenvalue weighted by Gasteiger charge is -2.20. The van der Waals surface area contributed by atoms with Crippen LogP contribution in [0.4, 0.5) is 0 Å². The van der Waals surface area contributed by atoms with Gasteiger partial charge in [-0.15, -0.1) is 0 Å². The number of rotatable bonds is 24. The molecule has 0 saturated heterocycles. The molecular weight excluding hydrogens is 356 g/mol. The number of carbonyl (C=O) groups excluding carboxylic acids is 1. The van der Waals surface area contributed by atoms with Crippen LogP contribution in [0.25, 0.3) is 0 Å². The van der Waals surface area contributed by atoms with Gasteiger partial charge in [-0.25, -0.2) is 0 Å². The zero-order valence-corrected chi connectivity index (χ0v) is 20.2. The van der Waals surface area contributed by atoms with E-state index in [0.717, 1.165) is 13.1 Å². The second-order valence-electron chi connectivity index (χ2n) is 9.11. The lowest BCUT2D eigenvalue weighted by atomic mass is 10.1. The zero-order valence-electron chi connectivity index (χ0n) is 20.2. The van der Waals surface area contributed by atoms with Crippen LogP contribution >= 0.6 is 0 Å². The van der Waals surface area contributed by atoms with Gasteiger partial charge in [0.05, 0.1) is 6.54 Å². The molecule has 0 aliphatic heterocycles. The maximum atomic E-state index is 11.4. The summed E-state index contributed by atoms with van der Waals surface area (Å²) in [6.45, 7) is 7.07. The third-order valence-corrected chi connectivity index (χ3v) is 6.04. The van der Waals surface area contributed by atoms with Crippen molar-refractivity contribution < 1.29 is 4.79 Å². The number of nitrogens with two attached hydrogens (primary N) is 1. The quantitative estimate of drug-likeness (QED) is 0.166. The standard InChI is InChI=1S/C26H54N2O/c1-3-5-7-9-11-13-15-17-19-21-23-28(25-26(27)29)24-22-20-18-16-14-12-10-8-6-4-2/h3-25H2,1-2H3,(H2,27,29). The van der Waals surface area contributed by atoms with Gasteiger partial charge in [-0.3, -0.25) is 9.69 Å². The van der Waals surface area contributed by atoms with Crippen LogP contribution in [0.3, 0.4) is 0 Å². The van der Waals surface area contributed by atoms with Gasteiger partial charge in [0.25, 0.3) is 0 Å². The van der Waals surface area contributed by atoms with E-state index in [1.54, 1.807) is 0 Å². The smallest absolute Gasteiger partial charge is 0.231 e. The lowest BCUT2D eigenvalue weighted by Crippen LogP contribution is -2.35. The van der Waals surface area contributed by atoms with E-state index in [-0.39, 0.29) is 5.91 Å². The molecule has 0 atom stereocenters. The van der Waals surface area contributed by atoms with Crippen molar-refractivity contribution in [3.63, 3.8) is 0 Å². The fourth-order valence-electron chi connectivity index (χ4n) is 4.14. The highest BCUT2D eigenvalue weighted by Crippen LogP contribution is 2.12. The van der Waals surface area contributed by atoms with Crippen molar-refractivity contribution >= 4 is 5.91 Å². The number of hydrogen-bond donors (Lipinski definition) is 1. The first-order valence-corrected chi connectivity index (χ1v) is 13.2. The molecule has 0 aliphatic carbocycles. The van der Waals surface area contributed by atoms with E-state index in [1.807, 2.05) is 0 Å². The second kappa shape index (κ2) is 23.7. The van der Waals surface area contributed by atoms with E-state index < -0.39 is 0 Å². The molecule has 3 nitrogen and oxygen atoms in total. The Balaban J connectivity index is 3.56. The highest BCUT2D eigenvalue weighted by Gasteiger charge is 2.07. The predicted octanol–water partition coefficient (Wildman–Crippen LogP) is 7.62. The van der Waals surface area contributed by atoms with Crippen molar-refractivity contribution in [3.8, 4) is 0 Å². The van der Waals surface area contributed by atoms with Crippen LogP contribution in [0.15, 0.2) is 0 Å². The summed E-state index contributed by atoms with van der Waals surface area (Å²) in [6, 6.07) is 0. The third-order valence-electron chi connectivity index (χ3n) is 6.04. The molecule has 1 amide bonds. The number of unbranched alkanes of at least 4 members (excludes halogenated alkanes) is 18. The average molecular weight is 411 g/mol. The molecule has 0 unspecified atom stereocenters. The molecule has 174 valence electrons. The molecule has 0 aromatic rings. The first-order valence-electron chi connectivity index (χ1n) is 13.2. The Labute approximate surface area is 183 Å². The summed E-state index contributed by atoms with van der Waals surface area (Å²) in [5, 5.41) is 0. The largest absolute Gasteiger partial charge is 0.369 e. The van der Waals surface area contributed by atoms with Gasteiger partial charge < -0.3 is 5.73 Å². The molecule has 0 spiro atoms. The summed E-state index contributed by atoms with van der Waals surface area (Å²) < 4.78 is 0. The van der Waals surface area contributed by atoms with Crippen molar-refractivity contribution in [2.24, 2.45) is 5.73 Å². The van der Waals surface area contributed by atoms with Gasteiger partial charge in [-0.05, 0) is 25.9 Å². The Morgan fingerprint density at radius 2 is 0.793 bits per heavy atom. The molecule has 2 N–H and O–H groups in total.